The van der Waals surface area contributed by atoms with Gasteiger partial charge in [-0.15, -0.1) is 0 Å². The van der Waals surface area contributed by atoms with E-state index in [0.29, 0.717) is 23.0 Å². The summed E-state index contributed by atoms with van der Waals surface area (Å²) in [6.45, 7) is 4.61. The summed E-state index contributed by atoms with van der Waals surface area (Å²) < 4.78 is 23.2. The van der Waals surface area contributed by atoms with Crippen LogP contribution in [-0.2, 0) is 9.84 Å². The monoisotopic (exact) mass is 259 g/mol. The van der Waals surface area contributed by atoms with Gasteiger partial charge in [0.2, 0.25) is 0 Å². The molecule has 1 N–H and O–H groups in total. The molecule has 0 aromatic heterocycles. The van der Waals surface area contributed by atoms with E-state index in [0.717, 1.165) is 12.8 Å². The highest BCUT2D eigenvalue weighted by atomic mass is 32.2. The summed E-state index contributed by atoms with van der Waals surface area (Å²) in [5, 5.41) is 3.62. The lowest BCUT2D eigenvalue weighted by atomic mass is 9.73. The topological polar surface area (TPSA) is 46.2 Å². The minimum absolute atomic E-state index is 0.191. The second kappa shape index (κ2) is 4.88. The summed E-state index contributed by atoms with van der Waals surface area (Å²) in [4.78, 5) is 0. The molecular formula is C13H25NO2S. The average Bonchev–Trinajstić information content (AvgIpc) is 2.20. The Hall–Kier alpha value is -0.0900. The van der Waals surface area contributed by atoms with E-state index in [1.54, 1.807) is 0 Å². The van der Waals surface area contributed by atoms with Crippen LogP contribution in [0, 0.1) is 5.41 Å². The predicted octanol–water partition coefficient (Wildman–Crippen LogP) is 2.12. The van der Waals surface area contributed by atoms with E-state index in [2.05, 4.69) is 19.2 Å². The standard InChI is InChI=1S/C13H25NO2S/c1-13(2)8-4-3-7-12(13)14-11-6-5-9-17(15,16)10-11/h11-12,14H,3-10H2,1-2H3. The van der Waals surface area contributed by atoms with Crippen LogP contribution in [0.5, 0.6) is 0 Å². The first-order valence-corrected chi connectivity index (χ1v) is 8.68. The molecule has 100 valence electrons. The van der Waals surface area contributed by atoms with Crippen LogP contribution in [0.15, 0.2) is 0 Å². The molecule has 4 heteroatoms. The summed E-state index contributed by atoms with van der Waals surface area (Å²) in [5.74, 6) is 0.735. The molecule has 0 radical (unpaired) electrons. The van der Waals surface area contributed by atoms with E-state index >= 15 is 0 Å². The highest BCUT2D eigenvalue weighted by molar-refractivity contribution is 7.91. The van der Waals surface area contributed by atoms with E-state index in [1.807, 2.05) is 0 Å². The van der Waals surface area contributed by atoms with Gasteiger partial charge in [0, 0.05) is 12.1 Å². The van der Waals surface area contributed by atoms with Crippen molar-refractivity contribution in [1.29, 1.82) is 0 Å². The summed E-state index contributed by atoms with van der Waals surface area (Å²) in [6, 6.07) is 0.686. The fourth-order valence-corrected chi connectivity index (χ4v) is 4.89. The van der Waals surface area contributed by atoms with E-state index in [-0.39, 0.29) is 6.04 Å². The van der Waals surface area contributed by atoms with Gasteiger partial charge in [0.25, 0.3) is 0 Å². The zero-order chi connectivity index (χ0) is 12.5. The Kier molecular flexibility index (Phi) is 3.83. The Morgan fingerprint density at radius 2 is 1.88 bits per heavy atom. The van der Waals surface area contributed by atoms with E-state index in [9.17, 15) is 8.42 Å². The van der Waals surface area contributed by atoms with E-state index in [1.165, 1.54) is 25.7 Å². The summed E-state index contributed by atoms with van der Waals surface area (Å²) in [6.07, 6.45) is 6.89. The molecule has 0 spiro atoms. The molecule has 2 unspecified atom stereocenters. The van der Waals surface area contributed by atoms with Crippen LogP contribution in [0.2, 0.25) is 0 Å². The molecule has 0 bridgehead atoms. The molecule has 1 heterocycles. The maximum Gasteiger partial charge on any atom is 0.151 e. The molecule has 1 aliphatic carbocycles. The van der Waals surface area contributed by atoms with Crippen LogP contribution in [-0.4, -0.2) is 32.0 Å². The van der Waals surface area contributed by atoms with Crippen molar-refractivity contribution in [2.45, 2.75) is 64.5 Å². The molecular weight excluding hydrogens is 234 g/mol. The van der Waals surface area contributed by atoms with Crippen molar-refractivity contribution < 1.29 is 8.42 Å². The van der Waals surface area contributed by atoms with Crippen LogP contribution in [0.25, 0.3) is 0 Å². The quantitative estimate of drug-likeness (QED) is 0.826. The van der Waals surface area contributed by atoms with Crippen molar-refractivity contribution in [3.63, 3.8) is 0 Å². The second-order valence-electron chi connectivity index (χ2n) is 6.41. The van der Waals surface area contributed by atoms with Gasteiger partial charge in [-0.1, -0.05) is 26.7 Å². The molecule has 1 saturated heterocycles. The van der Waals surface area contributed by atoms with Crippen LogP contribution in [0.3, 0.4) is 0 Å². The third-order valence-electron chi connectivity index (χ3n) is 4.41. The third kappa shape index (κ3) is 3.44. The van der Waals surface area contributed by atoms with Gasteiger partial charge in [-0.2, -0.15) is 0 Å². The maximum absolute atomic E-state index is 11.6. The van der Waals surface area contributed by atoms with Crippen molar-refractivity contribution in [3.05, 3.63) is 0 Å². The Labute approximate surface area is 105 Å². The van der Waals surface area contributed by atoms with Gasteiger partial charge < -0.3 is 5.32 Å². The van der Waals surface area contributed by atoms with Gasteiger partial charge in [-0.3, -0.25) is 0 Å². The fraction of sp³-hybridized carbons (Fsp3) is 1.00. The van der Waals surface area contributed by atoms with Gasteiger partial charge in [0.1, 0.15) is 0 Å². The minimum Gasteiger partial charge on any atom is -0.310 e. The van der Waals surface area contributed by atoms with Crippen LogP contribution in [0.1, 0.15) is 52.4 Å². The first-order valence-electron chi connectivity index (χ1n) is 6.86. The molecule has 2 fully saturated rings. The lowest BCUT2D eigenvalue weighted by Crippen LogP contribution is -2.51. The summed E-state index contributed by atoms with van der Waals surface area (Å²) in [7, 11) is -2.78. The molecule has 0 aromatic carbocycles. The van der Waals surface area contributed by atoms with Gasteiger partial charge in [0.05, 0.1) is 11.5 Å². The zero-order valence-electron chi connectivity index (χ0n) is 11.0. The largest absolute Gasteiger partial charge is 0.310 e. The highest BCUT2D eigenvalue weighted by Gasteiger charge is 2.35. The Balaban J connectivity index is 1.96. The van der Waals surface area contributed by atoms with Crippen LogP contribution < -0.4 is 5.32 Å². The van der Waals surface area contributed by atoms with Gasteiger partial charge in [-0.25, -0.2) is 8.42 Å². The van der Waals surface area contributed by atoms with Crippen LogP contribution >= 0.6 is 0 Å². The molecule has 3 nitrogen and oxygen atoms in total. The number of sulfone groups is 1. The average molecular weight is 259 g/mol. The lowest BCUT2D eigenvalue weighted by molar-refractivity contribution is 0.155. The normalized spacial score (nSPS) is 36.6. The van der Waals surface area contributed by atoms with Gasteiger partial charge in [0.15, 0.2) is 9.84 Å². The molecule has 1 saturated carbocycles. The van der Waals surface area contributed by atoms with E-state index < -0.39 is 9.84 Å². The Morgan fingerprint density at radius 1 is 1.12 bits per heavy atom. The smallest absolute Gasteiger partial charge is 0.151 e. The summed E-state index contributed by atoms with van der Waals surface area (Å²) in [5.41, 5.74) is 0.319. The maximum atomic E-state index is 11.6. The molecule has 17 heavy (non-hydrogen) atoms. The van der Waals surface area contributed by atoms with Crippen molar-refractivity contribution in [2.75, 3.05) is 11.5 Å². The molecule has 0 aromatic rings. The van der Waals surface area contributed by atoms with Crippen molar-refractivity contribution in [3.8, 4) is 0 Å². The Morgan fingerprint density at radius 3 is 2.53 bits per heavy atom. The Bertz CT molecular complexity index is 362. The molecule has 2 aliphatic rings. The van der Waals surface area contributed by atoms with Gasteiger partial charge in [-0.05, 0) is 31.1 Å². The SMILES string of the molecule is CC1(C)CCCCC1NC1CCCS(=O)(=O)C1. The van der Waals surface area contributed by atoms with Gasteiger partial charge >= 0.3 is 0 Å². The van der Waals surface area contributed by atoms with Crippen molar-refractivity contribution in [2.24, 2.45) is 5.41 Å². The third-order valence-corrected chi connectivity index (χ3v) is 6.23. The number of rotatable bonds is 2. The fourth-order valence-electron chi connectivity index (χ4n) is 3.24. The molecule has 0 amide bonds. The first kappa shape index (κ1) is 13.3. The molecule has 1 aliphatic heterocycles. The van der Waals surface area contributed by atoms with E-state index in [4.69, 9.17) is 0 Å². The predicted molar refractivity (Wildman–Crippen MR) is 70.8 cm³/mol. The molecule has 2 rings (SSSR count). The van der Waals surface area contributed by atoms with Crippen molar-refractivity contribution in [1.82, 2.24) is 5.32 Å². The summed E-state index contributed by atoms with van der Waals surface area (Å²) >= 11 is 0. The minimum atomic E-state index is -2.78. The van der Waals surface area contributed by atoms with Crippen LogP contribution in [0.4, 0.5) is 0 Å². The number of hydrogen-bond donors (Lipinski definition) is 1. The first-order chi connectivity index (χ1) is 7.89. The second-order valence-corrected chi connectivity index (χ2v) is 8.64. The number of nitrogens with one attached hydrogen (secondary N) is 1. The lowest BCUT2D eigenvalue weighted by Gasteiger charge is -2.41. The zero-order valence-corrected chi connectivity index (χ0v) is 11.9. The molecule has 2 atom stereocenters. The highest BCUT2D eigenvalue weighted by Crippen LogP contribution is 2.36. The van der Waals surface area contributed by atoms with Crippen molar-refractivity contribution >= 4 is 9.84 Å². The number of hydrogen-bond acceptors (Lipinski definition) is 3.